The van der Waals surface area contributed by atoms with Gasteiger partial charge in [0.25, 0.3) is 0 Å². The van der Waals surface area contributed by atoms with Crippen molar-refractivity contribution in [1.29, 1.82) is 0 Å². The first-order valence-corrected chi connectivity index (χ1v) is 5.08. The predicted molar refractivity (Wildman–Crippen MR) is 57.8 cm³/mol. The fourth-order valence-electron chi connectivity index (χ4n) is 1.63. The summed E-state index contributed by atoms with van der Waals surface area (Å²) in [6.07, 6.45) is 1.53. The zero-order valence-electron chi connectivity index (χ0n) is 8.32. The normalized spacial score (nSPS) is 26.2. The molecular weight excluding hydrogens is 184 g/mol. The van der Waals surface area contributed by atoms with E-state index in [2.05, 4.69) is 11.8 Å². The molecule has 2 unspecified atom stereocenters. The van der Waals surface area contributed by atoms with E-state index in [4.69, 9.17) is 22.7 Å². The second-order valence-electron chi connectivity index (χ2n) is 3.71. The Kier molecular flexibility index (Phi) is 4.09. The molecule has 3 nitrogen and oxygen atoms in total. The minimum Gasteiger partial charge on any atom is -0.393 e. The number of hydrogen-bond acceptors (Lipinski definition) is 3. The first-order valence-electron chi connectivity index (χ1n) is 4.68. The van der Waals surface area contributed by atoms with Gasteiger partial charge in [-0.15, -0.1) is 0 Å². The highest BCUT2D eigenvalue weighted by molar-refractivity contribution is 7.80. The number of nitrogens with zero attached hydrogens (tertiary/aromatic N) is 1. The molecule has 0 bridgehead atoms. The van der Waals surface area contributed by atoms with E-state index in [0.29, 0.717) is 17.0 Å². The number of hydrogen-bond donors (Lipinski definition) is 1. The molecule has 13 heavy (non-hydrogen) atoms. The fraction of sp³-hybridized carbons (Fsp3) is 0.889. The number of thiocarbonyl (C=S) groups is 1. The summed E-state index contributed by atoms with van der Waals surface area (Å²) in [6.45, 7) is 5.16. The number of nitrogens with two attached hydrogens (primary N) is 1. The van der Waals surface area contributed by atoms with Gasteiger partial charge in [-0.2, -0.15) is 0 Å². The molecule has 0 saturated carbocycles. The van der Waals surface area contributed by atoms with Crippen molar-refractivity contribution in [1.82, 2.24) is 4.90 Å². The Labute approximate surface area is 85.2 Å². The lowest BCUT2D eigenvalue weighted by Crippen LogP contribution is -2.33. The molecular formula is C9H18N2OS. The quantitative estimate of drug-likeness (QED) is 0.679. The van der Waals surface area contributed by atoms with E-state index >= 15 is 0 Å². The van der Waals surface area contributed by atoms with Crippen molar-refractivity contribution < 1.29 is 4.74 Å². The van der Waals surface area contributed by atoms with E-state index in [-0.39, 0.29) is 0 Å². The van der Waals surface area contributed by atoms with Gasteiger partial charge in [-0.05, 0) is 6.42 Å². The monoisotopic (exact) mass is 202 g/mol. The van der Waals surface area contributed by atoms with E-state index in [0.717, 1.165) is 26.1 Å². The van der Waals surface area contributed by atoms with Gasteiger partial charge in [-0.1, -0.05) is 19.1 Å². The van der Waals surface area contributed by atoms with Crippen LogP contribution in [0.4, 0.5) is 0 Å². The number of rotatable bonds is 4. The molecule has 1 aliphatic rings. The summed E-state index contributed by atoms with van der Waals surface area (Å²) in [6, 6.07) is 0. The second kappa shape index (κ2) is 4.88. The molecule has 0 aromatic heterocycles. The highest BCUT2D eigenvalue weighted by atomic mass is 32.1. The summed E-state index contributed by atoms with van der Waals surface area (Å²) >= 11 is 4.93. The smallest absolute Gasteiger partial charge is 0.0768 e. The molecule has 2 N–H and O–H groups in total. The van der Waals surface area contributed by atoms with Crippen LogP contribution in [0.1, 0.15) is 13.3 Å². The van der Waals surface area contributed by atoms with Gasteiger partial charge in [0.15, 0.2) is 0 Å². The minimum atomic E-state index is 0.311. The SMILES string of the molecule is COC1CCN(CC(C)C(N)=S)C1. The lowest BCUT2D eigenvalue weighted by Gasteiger charge is -2.19. The Morgan fingerprint density at radius 3 is 2.92 bits per heavy atom. The number of ether oxygens (including phenoxy) is 1. The topological polar surface area (TPSA) is 38.5 Å². The van der Waals surface area contributed by atoms with Crippen LogP contribution in [-0.4, -0.2) is 42.7 Å². The van der Waals surface area contributed by atoms with E-state index in [1.165, 1.54) is 0 Å². The molecule has 1 fully saturated rings. The molecule has 0 aromatic rings. The number of likely N-dealkylation sites (tertiary alicyclic amines) is 1. The summed E-state index contributed by atoms with van der Waals surface area (Å²) in [7, 11) is 1.77. The van der Waals surface area contributed by atoms with Gasteiger partial charge < -0.3 is 10.5 Å². The van der Waals surface area contributed by atoms with Crippen LogP contribution < -0.4 is 5.73 Å². The molecule has 4 heteroatoms. The molecule has 1 saturated heterocycles. The van der Waals surface area contributed by atoms with Crippen molar-refractivity contribution in [2.45, 2.75) is 19.4 Å². The van der Waals surface area contributed by atoms with Crippen LogP contribution in [-0.2, 0) is 4.74 Å². The molecule has 0 amide bonds. The van der Waals surface area contributed by atoms with Gasteiger partial charge in [0.1, 0.15) is 0 Å². The zero-order chi connectivity index (χ0) is 9.84. The van der Waals surface area contributed by atoms with E-state index in [1.54, 1.807) is 7.11 Å². The third kappa shape index (κ3) is 3.21. The molecule has 0 aliphatic carbocycles. The molecule has 0 radical (unpaired) electrons. The first-order chi connectivity index (χ1) is 6.13. The van der Waals surface area contributed by atoms with Crippen LogP contribution in [0.25, 0.3) is 0 Å². The highest BCUT2D eigenvalue weighted by Crippen LogP contribution is 2.13. The maximum Gasteiger partial charge on any atom is 0.0768 e. The van der Waals surface area contributed by atoms with Gasteiger partial charge in [0, 0.05) is 32.7 Å². The Morgan fingerprint density at radius 1 is 1.77 bits per heavy atom. The van der Waals surface area contributed by atoms with Gasteiger partial charge in [0.05, 0.1) is 11.1 Å². The molecule has 0 aromatic carbocycles. The van der Waals surface area contributed by atoms with E-state index in [1.807, 2.05) is 0 Å². The van der Waals surface area contributed by atoms with Crippen LogP contribution in [0, 0.1) is 5.92 Å². The lowest BCUT2D eigenvalue weighted by atomic mass is 10.2. The number of methoxy groups -OCH3 is 1. The van der Waals surface area contributed by atoms with Crippen molar-refractivity contribution in [2.75, 3.05) is 26.7 Å². The maximum absolute atomic E-state index is 5.55. The van der Waals surface area contributed by atoms with Crippen molar-refractivity contribution in [3.05, 3.63) is 0 Å². The van der Waals surface area contributed by atoms with Crippen molar-refractivity contribution >= 4 is 17.2 Å². The lowest BCUT2D eigenvalue weighted by molar-refractivity contribution is 0.107. The van der Waals surface area contributed by atoms with Gasteiger partial charge in [-0.25, -0.2) is 0 Å². The van der Waals surface area contributed by atoms with Gasteiger partial charge in [0.2, 0.25) is 0 Å². The predicted octanol–water partition coefficient (Wildman–Crippen LogP) is 0.629. The maximum atomic E-state index is 5.55. The summed E-state index contributed by atoms with van der Waals surface area (Å²) < 4.78 is 5.28. The molecule has 76 valence electrons. The molecule has 1 aliphatic heterocycles. The van der Waals surface area contributed by atoms with Crippen LogP contribution >= 0.6 is 12.2 Å². The zero-order valence-corrected chi connectivity index (χ0v) is 9.14. The Bertz CT molecular complexity index is 186. The van der Waals surface area contributed by atoms with Crippen molar-refractivity contribution in [2.24, 2.45) is 11.7 Å². The summed E-state index contributed by atoms with van der Waals surface area (Å²) in [5.74, 6) is 0.311. The highest BCUT2D eigenvalue weighted by Gasteiger charge is 2.23. The van der Waals surface area contributed by atoms with Crippen LogP contribution in [0.5, 0.6) is 0 Å². The Hall–Kier alpha value is -0.190. The third-order valence-electron chi connectivity index (χ3n) is 2.58. The van der Waals surface area contributed by atoms with E-state index in [9.17, 15) is 0 Å². The Balaban J connectivity index is 2.27. The van der Waals surface area contributed by atoms with Crippen molar-refractivity contribution in [3.63, 3.8) is 0 Å². The molecule has 2 atom stereocenters. The van der Waals surface area contributed by atoms with Crippen LogP contribution in [0.3, 0.4) is 0 Å². The molecule has 0 spiro atoms. The van der Waals surface area contributed by atoms with Gasteiger partial charge >= 0.3 is 0 Å². The van der Waals surface area contributed by atoms with Crippen molar-refractivity contribution in [3.8, 4) is 0 Å². The van der Waals surface area contributed by atoms with E-state index < -0.39 is 0 Å². The molecule has 1 rings (SSSR count). The largest absolute Gasteiger partial charge is 0.393 e. The fourth-order valence-corrected chi connectivity index (χ4v) is 1.71. The van der Waals surface area contributed by atoms with Crippen LogP contribution in [0.15, 0.2) is 0 Å². The average Bonchev–Trinajstić information content (AvgIpc) is 2.52. The molecule has 1 heterocycles. The van der Waals surface area contributed by atoms with Gasteiger partial charge in [-0.3, -0.25) is 4.90 Å². The minimum absolute atomic E-state index is 0.311. The average molecular weight is 202 g/mol. The summed E-state index contributed by atoms with van der Waals surface area (Å²) in [4.78, 5) is 2.97. The first kappa shape index (κ1) is 10.9. The Morgan fingerprint density at radius 2 is 2.46 bits per heavy atom. The standard InChI is InChI=1S/C9H18N2OS/c1-7(9(10)13)5-11-4-3-8(6-11)12-2/h7-8H,3-6H2,1-2H3,(H2,10,13). The summed E-state index contributed by atoms with van der Waals surface area (Å²) in [5, 5.41) is 0. The second-order valence-corrected chi connectivity index (χ2v) is 4.18. The summed E-state index contributed by atoms with van der Waals surface area (Å²) in [5.41, 5.74) is 5.55. The van der Waals surface area contributed by atoms with Crippen LogP contribution in [0.2, 0.25) is 0 Å². The third-order valence-corrected chi connectivity index (χ3v) is 2.98.